The van der Waals surface area contributed by atoms with Crippen LogP contribution in [0.4, 0.5) is 0 Å². The molecule has 1 atom stereocenters. The largest absolute Gasteiger partial charge is 0.462 e. The number of hydrogen-bond donors (Lipinski definition) is 1. The van der Waals surface area contributed by atoms with E-state index in [0.29, 0.717) is 12.8 Å². The van der Waals surface area contributed by atoms with Crippen molar-refractivity contribution in [3.05, 3.63) is 0 Å². The maximum absolute atomic E-state index is 12.1. The molecule has 0 saturated carbocycles. The van der Waals surface area contributed by atoms with E-state index in [1.54, 1.807) is 0 Å². The summed E-state index contributed by atoms with van der Waals surface area (Å²) >= 11 is 0. The fourth-order valence-electron chi connectivity index (χ4n) is 5.68. The zero-order valence-corrected chi connectivity index (χ0v) is 29.2. The normalized spacial score (nSPS) is 12.1. The third kappa shape index (κ3) is 33.6. The molecule has 256 valence electrons. The lowest BCUT2D eigenvalue weighted by Crippen LogP contribution is -2.28. The van der Waals surface area contributed by atoms with Crippen LogP contribution >= 0.6 is 0 Å². The van der Waals surface area contributed by atoms with E-state index >= 15 is 0 Å². The molecule has 0 saturated heterocycles. The van der Waals surface area contributed by atoms with Gasteiger partial charge in [-0.3, -0.25) is 9.59 Å². The van der Waals surface area contributed by atoms with Crippen molar-refractivity contribution in [1.82, 2.24) is 0 Å². The van der Waals surface area contributed by atoms with Crippen molar-refractivity contribution < 1.29 is 24.2 Å². The van der Waals surface area contributed by atoms with E-state index in [1.165, 1.54) is 135 Å². The van der Waals surface area contributed by atoms with Crippen LogP contribution in [0, 0.1) is 5.92 Å². The third-order valence-corrected chi connectivity index (χ3v) is 8.58. The van der Waals surface area contributed by atoms with Gasteiger partial charge in [-0.2, -0.15) is 0 Å². The molecule has 0 aromatic rings. The lowest BCUT2D eigenvalue weighted by atomic mass is 10.0. The topological polar surface area (TPSA) is 72.8 Å². The second-order valence-electron chi connectivity index (χ2n) is 13.5. The molecule has 0 spiro atoms. The van der Waals surface area contributed by atoms with Gasteiger partial charge in [-0.1, -0.05) is 181 Å². The number of aliphatic hydroxyl groups is 1. The fraction of sp³-hybridized carbons (Fsp3) is 0.947. The van der Waals surface area contributed by atoms with E-state index in [0.717, 1.165) is 44.4 Å². The predicted octanol–water partition coefficient (Wildman–Crippen LogP) is 11.4. The fourth-order valence-corrected chi connectivity index (χ4v) is 5.68. The summed E-state index contributed by atoms with van der Waals surface area (Å²) < 4.78 is 10.6. The highest BCUT2D eigenvalue weighted by molar-refractivity contribution is 5.70. The minimum absolute atomic E-state index is 0.0583. The number of ether oxygens (including phenoxy) is 2. The van der Waals surface area contributed by atoms with Crippen LogP contribution < -0.4 is 0 Å². The predicted molar refractivity (Wildman–Crippen MR) is 182 cm³/mol. The molecule has 43 heavy (non-hydrogen) atoms. The molecule has 0 heterocycles. The van der Waals surface area contributed by atoms with Crippen LogP contribution in [0.5, 0.6) is 0 Å². The monoisotopic (exact) mass is 611 g/mol. The summed E-state index contributed by atoms with van der Waals surface area (Å²) in [7, 11) is 0. The van der Waals surface area contributed by atoms with Crippen LogP contribution in [0.3, 0.4) is 0 Å². The number of aliphatic hydroxyl groups excluding tert-OH is 1. The number of esters is 2. The Morgan fingerprint density at radius 2 is 0.860 bits per heavy atom. The van der Waals surface area contributed by atoms with Gasteiger partial charge < -0.3 is 14.6 Å². The van der Waals surface area contributed by atoms with Gasteiger partial charge in [-0.25, -0.2) is 0 Å². The zero-order valence-electron chi connectivity index (χ0n) is 29.2. The average Bonchev–Trinajstić information content (AvgIpc) is 2.99. The summed E-state index contributed by atoms with van der Waals surface area (Å²) in [6, 6.07) is 0. The molecule has 0 aromatic heterocycles. The first-order valence-electron chi connectivity index (χ1n) is 19.0. The smallest absolute Gasteiger partial charge is 0.306 e. The summed E-state index contributed by atoms with van der Waals surface area (Å²) in [5, 5.41) is 9.53. The number of unbranched alkanes of at least 4 members (excludes halogenated alkanes) is 24. The van der Waals surface area contributed by atoms with Crippen LogP contribution in [-0.4, -0.2) is 36.4 Å². The van der Waals surface area contributed by atoms with Crippen LogP contribution in [0.2, 0.25) is 0 Å². The molecule has 0 aromatic carbocycles. The summed E-state index contributed by atoms with van der Waals surface area (Å²) in [4.78, 5) is 24.2. The highest BCUT2D eigenvalue weighted by atomic mass is 16.6. The molecule has 0 aliphatic carbocycles. The van der Waals surface area contributed by atoms with Crippen molar-refractivity contribution in [3.8, 4) is 0 Å². The van der Waals surface area contributed by atoms with Crippen LogP contribution in [0.15, 0.2) is 0 Å². The minimum atomic E-state index is -0.761. The second-order valence-corrected chi connectivity index (χ2v) is 13.5. The Hall–Kier alpha value is -1.10. The first-order chi connectivity index (χ1) is 21.0. The van der Waals surface area contributed by atoms with Crippen molar-refractivity contribution in [2.75, 3.05) is 13.2 Å². The van der Waals surface area contributed by atoms with Crippen LogP contribution in [-0.2, 0) is 19.1 Å². The third-order valence-electron chi connectivity index (χ3n) is 8.58. The van der Waals surface area contributed by atoms with E-state index < -0.39 is 6.10 Å². The Morgan fingerprint density at radius 3 is 1.23 bits per heavy atom. The van der Waals surface area contributed by atoms with Crippen molar-refractivity contribution in [1.29, 1.82) is 0 Å². The van der Waals surface area contributed by atoms with Crippen molar-refractivity contribution >= 4 is 11.9 Å². The van der Waals surface area contributed by atoms with Gasteiger partial charge in [0.25, 0.3) is 0 Å². The molecule has 0 amide bonds. The van der Waals surface area contributed by atoms with E-state index in [2.05, 4.69) is 20.8 Å². The molecule has 0 radical (unpaired) electrons. The van der Waals surface area contributed by atoms with E-state index in [1.807, 2.05) is 0 Å². The Balaban J connectivity index is 3.51. The summed E-state index contributed by atoms with van der Waals surface area (Å²) in [6.07, 6.45) is 34.5. The molecule has 0 aliphatic rings. The van der Waals surface area contributed by atoms with Crippen LogP contribution in [0.25, 0.3) is 0 Å². The lowest BCUT2D eigenvalue weighted by Gasteiger charge is -2.15. The first kappa shape index (κ1) is 41.9. The van der Waals surface area contributed by atoms with Gasteiger partial charge in [0, 0.05) is 12.8 Å². The molecular weight excluding hydrogens is 536 g/mol. The van der Waals surface area contributed by atoms with Gasteiger partial charge in [-0.15, -0.1) is 0 Å². The molecule has 0 fully saturated rings. The highest BCUT2D eigenvalue weighted by Gasteiger charge is 2.16. The Labute approximate surface area is 268 Å². The lowest BCUT2D eigenvalue weighted by molar-refractivity contribution is -0.161. The minimum Gasteiger partial charge on any atom is -0.462 e. The van der Waals surface area contributed by atoms with Crippen LogP contribution in [0.1, 0.15) is 207 Å². The Morgan fingerprint density at radius 1 is 0.512 bits per heavy atom. The summed E-state index contributed by atoms with van der Waals surface area (Å²) in [6.45, 7) is 6.49. The van der Waals surface area contributed by atoms with Gasteiger partial charge in [0.05, 0.1) is 6.61 Å². The molecular formula is C38H74O5. The molecule has 1 N–H and O–H groups in total. The number of carbonyl (C=O) groups excluding carboxylic acids is 2. The molecule has 0 aliphatic heterocycles. The molecule has 5 heteroatoms. The number of carbonyl (C=O) groups is 2. The zero-order chi connectivity index (χ0) is 31.6. The van der Waals surface area contributed by atoms with Gasteiger partial charge in [-0.05, 0) is 18.8 Å². The molecule has 0 rings (SSSR count). The van der Waals surface area contributed by atoms with E-state index in [4.69, 9.17) is 9.47 Å². The van der Waals surface area contributed by atoms with Gasteiger partial charge in [0.15, 0.2) is 6.10 Å². The summed E-state index contributed by atoms with van der Waals surface area (Å²) in [5.41, 5.74) is 0. The molecule has 0 bridgehead atoms. The van der Waals surface area contributed by atoms with E-state index in [9.17, 15) is 14.7 Å². The molecule has 0 unspecified atom stereocenters. The van der Waals surface area contributed by atoms with Gasteiger partial charge in [0.2, 0.25) is 0 Å². The standard InChI is InChI=1S/C38H74O5/c1-4-5-6-7-8-9-10-11-12-13-14-15-20-23-26-29-32-38(41)43-36(33-39)34-42-37(40)31-28-25-22-19-17-16-18-21-24-27-30-35(2)3/h35-36,39H,4-34H2,1-3H3/t36-/m0/s1. The van der Waals surface area contributed by atoms with Crippen molar-refractivity contribution in [3.63, 3.8) is 0 Å². The van der Waals surface area contributed by atoms with Crippen molar-refractivity contribution in [2.45, 2.75) is 213 Å². The van der Waals surface area contributed by atoms with Crippen molar-refractivity contribution in [2.24, 2.45) is 5.92 Å². The maximum Gasteiger partial charge on any atom is 0.306 e. The van der Waals surface area contributed by atoms with Gasteiger partial charge in [0.1, 0.15) is 6.61 Å². The SMILES string of the molecule is CCCCCCCCCCCCCCCCCCC(=O)O[C@@H](CO)COC(=O)CCCCCCCCCCCCC(C)C. The Bertz CT molecular complexity index is 591. The highest BCUT2D eigenvalue weighted by Crippen LogP contribution is 2.16. The van der Waals surface area contributed by atoms with Gasteiger partial charge >= 0.3 is 11.9 Å². The maximum atomic E-state index is 12.1. The second kappa shape index (κ2) is 33.8. The number of rotatable bonds is 34. The number of hydrogen-bond acceptors (Lipinski definition) is 5. The summed E-state index contributed by atoms with van der Waals surface area (Å²) in [5.74, 6) is 0.249. The quantitative estimate of drug-likeness (QED) is 0.0579. The van der Waals surface area contributed by atoms with E-state index in [-0.39, 0.29) is 25.2 Å². The molecule has 5 nitrogen and oxygen atoms in total. The first-order valence-corrected chi connectivity index (χ1v) is 19.0. The average molecular weight is 611 g/mol. The Kier molecular flexibility index (Phi) is 32.9.